The SMILES string of the molecule is CCCC(=O)ON1C(=O)CCC(N2C(=O)c3ccc(N4CCC(CN5CCC(c6ccc(Nc7nc(N8CCC[C@@H](N9CCN(C)C9=O)C8)nnc7C(N)=O)cc6)CC5)C4)cc3C2=O)C1=O. The molecule has 5 saturated heterocycles. The second-order valence-corrected chi connectivity index (χ2v) is 18.2. The second-order valence-electron chi connectivity index (χ2n) is 18.2. The summed E-state index contributed by atoms with van der Waals surface area (Å²) < 4.78 is 0. The first-order chi connectivity index (χ1) is 31.9. The molecule has 0 aliphatic carbocycles. The van der Waals surface area contributed by atoms with Crippen molar-refractivity contribution in [3.63, 3.8) is 0 Å². The third kappa shape index (κ3) is 8.84. The number of nitrogens with one attached hydrogen (secondary N) is 1. The van der Waals surface area contributed by atoms with Crippen LogP contribution in [0.5, 0.6) is 0 Å². The molecule has 66 heavy (non-hydrogen) atoms. The maximum Gasteiger partial charge on any atom is 0.333 e. The number of hydrogen-bond acceptors (Lipinski definition) is 15. The van der Waals surface area contributed by atoms with Crippen molar-refractivity contribution in [1.29, 1.82) is 0 Å². The van der Waals surface area contributed by atoms with Crippen LogP contribution >= 0.6 is 0 Å². The Kier molecular flexibility index (Phi) is 12.6. The number of likely N-dealkylation sites (N-methyl/N-ethyl adjacent to an activating group) is 1. The molecule has 6 aliphatic rings. The van der Waals surface area contributed by atoms with Gasteiger partial charge in [-0.05, 0) is 106 Å². The number of amides is 7. The average molecular weight is 905 g/mol. The number of benzene rings is 2. The number of aromatic nitrogens is 3. The van der Waals surface area contributed by atoms with Gasteiger partial charge >= 0.3 is 12.0 Å². The number of piperidine rings is 3. The lowest BCUT2D eigenvalue weighted by atomic mass is 9.89. The highest BCUT2D eigenvalue weighted by molar-refractivity contribution is 6.23. The van der Waals surface area contributed by atoms with E-state index in [0.717, 1.165) is 81.1 Å². The average Bonchev–Trinajstić information content (AvgIpc) is 4.00. The normalized spacial score (nSPS) is 23.1. The predicted molar refractivity (Wildman–Crippen MR) is 240 cm³/mol. The molecule has 348 valence electrons. The minimum atomic E-state index is -1.25. The Hall–Kier alpha value is -6.70. The summed E-state index contributed by atoms with van der Waals surface area (Å²) in [5.74, 6) is -2.83. The topological polar surface area (TPSA) is 228 Å². The van der Waals surface area contributed by atoms with E-state index in [1.54, 1.807) is 24.0 Å². The first-order valence-electron chi connectivity index (χ1n) is 23.1. The first kappa shape index (κ1) is 44.5. The van der Waals surface area contributed by atoms with E-state index in [2.05, 4.69) is 37.4 Å². The Morgan fingerprint density at radius 2 is 1.61 bits per heavy atom. The fourth-order valence-electron chi connectivity index (χ4n) is 10.3. The summed E-state index contributed by atoms with van der Waals surface area (Å²) in [4.78, 5) is 111. The highest BCUT2D eigenvalue weighted by Gasteiger charge is 2.49. The number of hydrogen-bond donors (Lipinski definition) is 2. The van der Waals surface area contributed by atoms with Gasteiger partial charge in [0.1, 0.15) is 6.04 Å². The number of carbonyl (C=O) groups is 7. The van der Waals surface area contributed by atoms with Crippen molar-refractivity contribution < 1.29 is 38.4 Å². The van der Waals surface area contributed by atoms with Crippen LogP contribution in [-0.2, 0) is 19.2 Å². The number of primary amides is 1. The number of hydroxylamine groups is 2. The highest BCUT2D eigenvalue weighted by atomic mass is 16.7. The molecule has 0 saturated carbocycles. The maximum atomic E-state index is 13.7. The summed E-state index contributed by atoms with van der Waals surface area (Å²) in [6, 6.07) is 12.2. The molecular weight excluding hydrogens is 849 g/mol. The van der Waals surface area contributed by atoms with Gasteiger partial charge in [-0.2, -0.15) is 4.98 Å². The molecule has 3 aromatic rings. The number of carbonyl (C=O) groups excluding carboxylic acids is 7. The molecule has 20 nitrogen and oxygen atoms in total. The molecule has 5 fully saturated rings. The van der Waals surface area contributed by atoms with Crippen molar-refractivity contribution in [3.8, 4) is 0 Å². The van der Waals surface area contributed by atoms with Gasteiger partial charge in [-0.1, -0.05) is 19.1 Å². The van der Waals surface area contributed by atoms with E-state index in [0.29, 0.717) is 55.4 Å². The van der Waals surface area contributed by atoms with E-state index >= 15 is 0 Å². The number of likely N-dealkylation sites (tertiary alicyclic amines) is 1. The van der Waals surface area contributed by atoms with E-state index in [9.17, 15) is 33.6 Å². The highest BCUT2D eigenvalue weighted by Crippen LogP contribution is 2.35. The van der Waals surface area contributed by atoms with Gasteiger partial charge in [0, 0.05) is 77.1 Å². The van der Waals surface area contributed by atoms with Crippen molar-refractivity contribution in [2.24, 2.45) is 11.7 Å². The van der Waals surface area contributed by atoms with E-state index < -0.39 is 41.5 Å². The van der Waals surface area contributed by atoms with Crippen molar-refractivity contribution in [3.05, 3.63) is 64.8 Å². The van der Waals surface area contributed by atoms with Crippen LogP contribution in [0.4, 0.5) is 27.9 Å². The Morgan fingerprint density at radius 1 is 0.833 bits per heavy atom. The molecule has 0 radical (unpaired) electrons. The van der Waals surface area contributed by atoms with E-state index in [4.69, 9.17) is 15.6 Å². The van der Waals surface area contributed by atoms with Gasteiger partial charge in [0.25, 0.3) is 29.5 Å². The number of urea groups is 1. The first-order valence-corrected chi connectivity index (χ1v) is 23.1. The summed E-state index contributed by atoms with van der Waals surface area (Å²) in [6.45, 7) is 8.92. The van der Waals surface area contributed by atoms with Crippen molar-refractivity contribution in [1.82, 2.24) is 39.8 Å². The van der Waals surface area contributed by atoms with Crippen LogP contribution in [0.3, 0.4) is 0 Å². The van der Waals surface area contributed by atoms with Gasteiger partial charge in [-0.15, -0.1) is 15.3 Å². The second kappa shape index (κ2) is 18.7. The third-order valence-corrected chi connectivity index (χ3v) is 13.9. The van der Waals surface area contributed by atoms with Crippen LogP contribution in [0.1, 0.15) is 107 Å². The molecule has 9 rings (SSSR count). The summed E-state index contributed by atoms with van der Waals surface area (Å²) in [7, 11) is 1.81. The minimum absolute atomic E-state index is 0.0177. The van der Waals surface area contributed by atoms with Crippen LogP contribution in [-0.4, -0.2) is 159 Å². The smallest absolute Gasteiger partial charge is 0.333 e. The van der Waals surface area contributed by atoms with Crippen LogP contribution in [0.25, 0.3) is 0 Å². The van der Waals surface area contributed by atoms with E-state index in [1.165, 1.54) is 5.56 Å². The number of anilines is 4. The van der Waals surface area contributed by atoms with Crippen LogP contribution in [0.15, 0.2) is 42.5 Å². The molecule has 7 heterocycles. The fraction of sp³-hybridized carbons (Fsp3) is 0.522. The molecular formula is C46H56N12O8. The molecule has 0 spiro atoms. The monoisotopic (exact) mass is 904 g/mol. The summed E-state index contributed by atoms with van der Waals surface area (Å²) in [5.41, 5.74) is 8.87. The van der Waals surface area contributed by atoms with Gasteiger partial charge in [0.15, 0.2) is 11.5 Å². The molecule has 7 amide bonds. The molecule has 6 aliphatic heterocycles. The molecule has 3 atom stereocenters. The van der Waals surface area contributed by atoms with Crippen molar-refractivity contribution >= 4 is 64.7 Å². The lowest BCUT2D eigenvalue weighted by Crippen LogP contribution is -2.56. The number of fused-ring (bicyclic) bond motifs is 1. The van der Waals surface area contributed by atoms with Gasteiger partial charge in [-0.25, -0.2) is 9.59 Å². The largest absolute Gasteiger partial charge is 0.371 e. The minimum Gasteiger partial charge on any atom is -0.371 e. The Bertz CT molecular complexity index is 2430. The van der Waals surface area contributed by atoms with Gasteiger partial charge < -0.3 is 40.4 Å². The summed E-state index contributed by atoms with van der Waals surface area (Å²) >= 11 is 0. The maximum absolute atomic E-state index is 13.7. The van der Waals surface area contributed by atoms with Crippen LogP contribution in [0.2, 0.25) is 0 Å². The van der Waals surface area contributed by atoms with Gasteiger partial charge in [0.05, 0.1) is 17.2 Å². The summed E-state index contributed by atoms with van der Waals surface area (Å²) in [5, 5.41) is 12.1. The lowest BCUT2D eigenvalue weighted by Gasteiger charge is -2.37. The zero-order chi connectivity index (χ0) is 46.2. The van der Waals surface area contributed by atoms with Crippen molar-refractivity contribution in [2.75, 3.05) is 81.1 Å². The quantitative estimate of drug-likeness (QED) is 0.235. The molecule has 2 unspecified atom stereocenters. The van der Waals surface area contributed by atoms with E-state index in [-0.39, 0.29) is 54.0 Å². The molecule has 20 heteroatoms. The Balaban J connectivity index is 0.765. The molecule has 1 aromatic heterocycles. The van der Waals surface area contributed by atoms with E-state index in [1.807, 2.05) is 35.0 Å². The van der Waals surface area contributed by atoms with Crippen molar-refractivity contribution in [2.45, 2.75) is 82.7 Å². The fourth-order valence-corrected chi connectivity index (χ4v) is 10.3. The molecule has 3 N–H and O–H groups in total. The number of nitrogens with zero attached hydrogens (tertiary/aromatic N) is 10. The number of nitrogens with two attached hydrogens (primary N) is 1. The third-order valence-electron chi connectivity index (χ3n) is 13.9. The zero-order valence-corrected chi connectivity index (χ0v) is 37.4. The predicted octanol–water partition coefficient (Wildman–Crippen LogP) is 3.13. The van der Waals surface area contributed by atoms with Crippen LogP contribution in [0, 0.1) is 5.92 Å². The lowest BCUT2D eigenvalue weighted by molar-refractivity contribution is -0.207. The van der Waals surface area contributed by atoms with Gasteiger partial charge in [-0.3, -0.25) is 28.9 Å². The Morgan fingerprint density at radius 3 is 2.33 bits per heavy atom. The van der Waals surface area contributed by atoms with Gasteiger partial charge in [0.2, 0.25) is 5.95 Å². The van der Waals surface area contributed by atoms with Crippen LogP contribution < -0.4 is 20.9 Å². The number of rotatable bonds is 13. The number of imide groups is 2. The Labute approximate surface area is 382 Å². The standard InChI is InChI=1S/C46H56N12O8/c1-3-5-38(60)66-58-37(59)14-13-36(44(58)64)57-42(62)34-12-11-32(24-35(34)43(57)63)54-21-15-28(26-54)25-53-19-16-30(17-20-53)29-7-9-31(10-8-29)48-41-39(40(47)61)50-51-45(49-41)55-18-4-6-33(27-55)56-23-22-52(2)46(56)65/h7-12,24,28,30,33,36H,3-6,13-23,25-27H2,1-2H3,(H2,47,61)(H,48,49,51)/t28?,33-,36?/m1/s1. The zero-order valence-electron chi connectivity index (χ0n) is 37.4. The molecule has 0 bridgehead atoms. The molecule has 2 aromatic carbocycles. The summed E-state index contributed by atoms with van der Waals surface area (Å²) in [6.07, 6.45) is 5.07.